The van der Waals surface area contributed by atoms with E-state index in [1.807, 2.05) is 12.1 Å². The minimum atomic E-state index is -0.506. The van der Waals surface area contributed by atoms with Crippen LogP contribution in [-0.2, 0) is 13.2 Å². The zero-order valence-corrected chi connectivity index (χ0v) is 19.7. The molecule has 0 aromatic heterocycles. The van der Waals surface area contributed by atoms with Gasteiger partial charge in [-0.2, -0.15) is 5.10 Å². The van der Waals surface area contributed by atoms with Crippen LogP contribution in [0, 0.1) is 0 Å². The number of hydrazone groups is 1. The van der Waals surface area contributed by atoms with Crippen molar-refractivity contribution in [1.82, 2.24) is 5.43 Å². The minimum absolute atomic E-state index is 0.0624. The Morgan fingerprint density at radius 1 is 1.09 bits per heavy atom. The molecule has 3 N–H and O–H groups in total. The third-order valence-electron chi connectivity index (χ3n) is 4.98. The van der Waals surface area contributed by atoms with Crippen LogP contribution in [0.3, 0.4) is 0 Å². The molecule has 0 heterocycles. The summed E-state index contributed by atoms with van der Waals surface area (Å²) in [5, 5.41) is 23.5. The fourth-order valence-electron chi connectivity index (χ4n) is 3.01. The lowest BCUT2D eigenvalue weighted by Gasteiger charge is -2.12. The van der Waals surface area contributed by atoms with Crippen molar-refractivity contribution in [1.29, 1.82) is 0 Å². The zero-order valence-electron chi connectivity index (χ0n) is 18.2. The number of nitrogens with zero attached hydrogens (tertiary/aromatic N) is 1. The molecule has 0 radical (unpaired) electrons. The van der Waals surface area contributed by atoms with Gasteiger partial charge in [0.2, 0.25) is 0 Å². The van der Waals surface area contributed by atoms with Crippen molar-refractivity contribution in [2.45, 2.75) is 33.0 Å². The molecule has 3 aromatic carbocycles. The number of carbonyl (C=O) groups excluding carboxylic acids is 1. The van der Waals surface area contributed by atoms with Gasteiger partial charge < -0.3 is 14.9 Å². The summed E-state index contributed by atoms with van der Waals surface area (Å²) >= 11 is 12.2. The number of hydrogen-bond acceptors (Lipinski definition) is 5. The topological polar surface area (TPSA) is 91.2 Å². The molecule has 0 bridgehead atoms. The predicted molar refractivity (Wildman–Crippen MR) is 130 cm³/mol. The van der Waals surface area contributed by atoms with Gasteiger partial charge in [-0.15, -0.1) is 0 Å². The summed E-state index contributed by atoms with van der Waals surface area (Å²) in [7, 11) is 0. The Morgan fingerprint density at radius 3 is 2.45 bits per heavy atom. The van der Waals surface area contributed by atoms with Gasteiger partial charge in [0.25, 0.3) is 5.91 Å². The van der Waals surface area contributed by atoms with Crippen LogP contribution in [0.1, 0.15) is 52.4 Å². The van der Waals surface area contributed by atoms with E-state index in [0.29, 0.717) is 34.4 Å². The highest BCUT2D eigenvalue weighted by molar-refractivity contribution is 6.32. The molecule has 0 unspecified atom stereocenters. The van der Waals surface area contributed by atoms with Gasteiger partial charge in [-0.1, -0.05) is 61.3 Å². The average Bonchev–Trinajstić information content (AvgIpc) is 2.80. The van der Waals surface area contributed by atoms with Gasteiger partial charge in [0.15, 0.2) is 0 Å². The van der Waals surface area contributed by atoms with Crippen LogP contribution in [-0.4, -0.2) is 22.3 Å². The molecule has 0 fully saturated rings. The number of halogens is 2. The Balaban J connectivity index is 1.67. The van der Waals surface area contributed by atoms with Gasteiger partial charge in [-0.3, -0.25) is 4.79 Å². The van der Waals surface area contributed by atoms with Crippen molar-refractivity contribution in [2.75, 3.05) is 0 Å². The summed E-state index contributed by atoms with van der Waals surface area (Å²) in [5.74, 6) is 0.273. The van der Waals surface area contributed by atoms with E-state index in [4.69, 9.17) is 27.9 Å². The second-order valence-corrected chi connectivity index (χ2v) is 8.50. The van der Waals surface area contributed by atoms with Crippen molar-refractivity contribution in [3.63, 3.8) is 0 Å². The first-order chi connectivity index (χ1) is 15.8. The van der Waals surface area contributed by atoms with Crippen LogP contribution in [0.25, 0.3) is 0 Å². The van der Waals surface area contributed by atoms with Gasteiger partial charge >= 0.3 is 0 Å². The number of carbonyl (C=O) groups is 1. The fraction of sp³-hybridized carbons (Fsp3) is 0.200. The number of rotatable bonds is 8. The number of hydrogen-bond donors (Lipinski definition) is 3. The van der Waals surface area contributed by atoms with Crippen LogP contribution < -0.4 is 10.2 Å². The summed E-state index contributed by atoms with van der Waals surface area (Å²) in [6, 6.07) is 15.5. The van der Waals surface area contributed by atoms with Crippen LogP contribution in [0.4, 0.5) is 0 Å². The number of amides is 1. The summed E-state index contributed by atoms with van der Waals surface area (Å²) in [5.41, 5.74) is 5.93. The lowest BCUT2D eigenvalue weighted by atomic mass is 10.0. The monoisotopic (exact) mass is 486 g/mol. The molecular formula is C25H24Cl2N2O4. The molecule has 0 aliphatic carbocycles. The van der Waals surface area contributed by atoms with Gasteiger partial charge in [0, 0.05) is 11.1 Å². The van der Waals surface area contributed by atoms with E-state index in [9.17, 15) is 15.0 Å². The third kappa shape index (κ3) is 6.48. The average molecular weight is 487 g/mol. The van der Waals surface area contributed by atoms with Gasteiger partial charge in [0.05, 0.1) is 22.9 Å². The first-order valence-electron chi connectivity index (χ1n) is 10.2. The normalized spacial score (nSPS) is 11.2. The number of benzene rings is 3. The molecule has 0 saturated carbocycles. The molecule has 0 aliphatic rings. The maximum atomic E-state index is 12.2. The van der Waals surface area contributed by atoms with Gasteiger partial charge in [-0.05, 0) is 52.9 Å². The zero-order chi connectivity index (χ0) is 24.0. The van der Waals surface area contributed by atoms with Crippen LogP contribution >= 0.6 is 23.2 Å². The van der Waals surface area contributed by atoms with Crippen LogP contribution in [0.15, 0.2) is 59.7 Å². The number of phenolic OH excluding ortho intramolecular Hbond substituents is 1. The van der Waals surface area contributed by atoms with Crippen molar-refractivity contribution < 1.29 is 19.7 Å². The lowest BCUT2D eigenvalue weighted by molar-refractivity contribution is 0.0955. The summed E-state index contributed by atoms with van der Waals surface area (Å²) in [4.78, 5) is 12.2. The van der Waals surface area contributed by atoms with Gasteiger partial charge in [-0.25, -0.2) is 5.43 Å². The Morgan fingerprint density at radius 2 is 1.82 bits per heavy atom. The van der Waals surface area contributed by atoms with E-state index in [2.05, 4.69) is 36.5 Å². The van der Waals surface area contributed by atoms with Crippen molar-refractivity contribution in [3.05, 3.63) is 92.5 Å². The molecule has 8 heteroatoms. The highest BCUT2D eigenvalue weighted by Crippen LogP contribution is 2.29. The Labute approximate surface area is 202 Å². The van der Waals surface area contributed by atoms with Crippen LogP contribution in [0.5, 0.6) is 11.5 Å². The molecule has 0 atom stereocenters. The van der Waals surface area contributed by atoms with Gasteiger partial charge in [0.1, 0.15) is 18.1 Å². The summed E-state index contributed by atoms with van der Waals surface area (Å²) in [6.07, 6.45) is 1.38. The molecule has 172 valence electrons. The first-order valence-corrected chi connectivity index (χ1v) is 11.0. The number of nitrogens with one attached hydrogen (secondary N) is 1. The summed E-state index contributed by atoms with van der Waals surface area (Å²) < 4.78 is 5.85. The van der Waals surface area contributed by atoms with Crippen molar-refractivity contribution >= 4 is 35.3 Å². The molecule has 0 saturated heterocycles. The second kappa shape index (κ2) is 11.2. The molecule has 0 aliphatic heterocycles. The lowest BCUT2D eigenvalue weighted by Crippen LogP contribution is -2.17. The maximum absolute atomic E-state index is 12.2. The first kappa shape index (κ1) is 24.6. The SMILES string of the molecule is CC(C)c1ccc(COc2cc(CO)c(/C=N/NC(=O)c3ccc(O)c(Cl)c3)cc2Cl)cc1. The van der Waals surface area contributed by atoms with Crippen molar-refractivity contribution in [3.8, 4) is 11.5 Å². The molecule has 1 amide bonds. The van der Waals surface area contributed by atoms with E-state index in [1.54, 1.807) is 12.1 Å². The number of aliphatic hydroxyl groups is 1. The van der Waals surface area contributed by atoms with E-state index in [0.717, 1.165) is 5.56 Å². The molecular weight excluding hydrogens is 463 g/mol. The third-order valence-corrected chi connectivity index (χ3v) is 5.58. The highest BCUT2D eigenvalue weighted by Gasteiger charge is 2.11. The molecule has 0 spiro atoms. The molecule has 33 heavy (non-hydrogen) atoms. The predicted octanol–water partition coefficient (Wildman–Crippen LogP) is 5.66. The quantitative estimate of drug-likeness (QED) is 0.283. The fourth-order valence-corrected chi connectivity index (χ4v) is 3.42. The number of aromatic hydroxyl groups is 1. The molecule has 3 rings (SSSR count). The number of phenols is 1. The maximum Gasteiger partial charge on any atom is 0.271 e. The molecule has 6 nitrogen and oxygen atoms in total. The smallest absolute Gasteiger partial charge is 0.271 e. The summed E-state index contributed by atoms with van der Waals surface area (Å²) in [6.45, 7) is 4.35. The molecule has 3 aromatic rings. The standard InChI is InChI=1S/C25H24Cl2N2O4/c1-15(2)17-5-3-16(4-6-17)14-33-24-11-20(13-30)19(10-22(24)27)12-28-29-25(32)18-7-8-23(31)21(26)9-18/h3-12,15,30-31H,13-14H2,1-2H3,(H,29,32)/b28-12+. The van der Waals surface area contributed by atoms with E-state index < -0.39 is 5.91 Å². The highest BCUT2D eigenvalue weighted by atomic mass is 35.5. The number of aliphatic hydroxyl groups excluding tert-OH is 1. The Hall–Kier alpha value is -3.06. The van der Waals surface area contributed by atoms with E-state index >= 15 is 0 Å². The largest absolute Gasteiger partial charge is 0.506 e. The van der Waals surface area contributed by atoms with Crippen LogP contribution in [0.2, 0.25) is 10.0 Å². The Kier molecular flexibility index (Phi) is 8.33. The van der Waals surface area contributed by atoms with Crippen molar-refractivity contribution in [2.24, 2.45) is 5.10 Å². The minimum Gasteiger partial charge on any atom is -0.506 e. The second-order valence-electron chi connectivity index (χ2n) is 7.69. The number of ether oxygens (including phenoxy) is 1. The Bertz CT molecular complexity index is 1160. The van der Waals surface area contributed by atoms with E-state index in [1.165, 1.54) is 30.0 Å². The van der Waals surface area contributed by atoms with E-state index in [-0.39, 0.29) is 22.9 Å².